The molecule has 22 heavy (non-hydrogen) atoms. The topological polar surface area (TPSA) is 41.5 Å². The average molecular weight is 367 g/mol. The van der Waals surface area contributed by atoms with Crippen LogP contribution in [0.1, 0.15) is 70.3 Å². The van der Waals surface area contributed by atoms with Crippen LogP contribution in [0.2, 0.25) is 0 Å². The second-order valence-corrected chi connectivity index (χ2v) is 6.49. The number of halogens is 1. The maximum atomic E-state index is 11.6. The molecule has 3 nitrogen and oxygen atoms in total. The Morgan fingerprint density at radius 3 is 2.50 bits per heavy atom. The lowest BCUT2D eigenvalue weighted by atomic mass is 10.1. The second kappa shape index (κ2) is 12.4. The summed E-state index contributed by atoms with van der Waals surface area (Å²) in [4.78, 5) is 11.6. The van der Waals surface area contributed by atoms with E-state index in [1.165, 1.54) is 38.5 Å². The van der Waals surface area contributed by atoms with Gasteiger partial charge in [0.2, 0.25) is 5.91 Å². The highest BCUT2D eigenvalue weighted by Crippen LogP contribution is 2.10. The third-order valence-electron chi connectivity index (χ3n) is 3.51. The molecule has 0 aliphatic carbocycles. The van der Waals surface area contributed by atoms with E-state index in [4.69, 9.17) is 0 Å². The van der Waals surface area contributed by atoms with Crippen molar-refractivity contribution in [2.24, 2.45) is 5.10 Å². The lowest BCUT2D eigenvalue weighted by Crippen LogP contribution is -2.16. The number of amides is 1. The third kappa shape index (κ3) is 9.72. The fourth-order valence-corrected chi connectivity index (χ4v) is 2.66. The van der Waals surface area contributed by atoms with Crippen LogP contribution in [0.5, 0.6) is 0 Å². The number of hydrogen-bond acceptors (Lipinski definition) is 2. The third-order valence-corrected chi connectivity index (χ3v) is 4.00. The first-order chi connectivity index (χ1) is 10.7. The number of nitrogens with one attached hydrogen (secondary N) is 1. The van der Waals surface area contributed by atoms with E-state index in [2.05, 4.69) is 33.4 Å². The fraction of sp³-hybridized carbons (Fsp3) is 0.556. The largest absolute Gasteiger partial charge is 0.273 e. The molecule has 0 unspecified atom stereocenters. The van der Waals surface area contributed by atoms with Gasteiger partial charge in [0.15, 0.2) is 0 Å². The van der Waals surface area contributed by atoms with E-state index in [1.54, 1.807) is 6.21 Å². The first kappa shape index (κ1) is 18.9. The van der Waals surface area contributed by atoms with Crippen molar-refractivity contribution < 1.29 is 4.79 Å². The molecule has 4 heteroatoms. The van der Waals surface area contributed by atoms with Crippen LogP contribution in [0.25, 0.3) is 0 Å². The summed E-state index contributed by atoms with van der Waals surface area (Å²) in [7, 11) is 0. The molecular formula is C18H27BrN2O. The molecule has 122 valence electrons. The van der Waals surface area contributed by atoms with Gasteiger partial charge in [-0.15, -0.1) is 0 Å². The van der Waals surface area contributed by atoms with Crippen LogP contribution in [0.3, 0.4) is 0 Å². The molecule has 0 fully saturated rings. The van der Waals surface area contributed by atoms with E-state index in [9.17, 15) is 4.79 Å². The molecule has 0 atom stereocenters. The van der Waals surface area contributed by atoms with Crippen molar-refractivity contribution in [3.8, 4) is 0 Å². The van der Waals surface area contributed by atoms with Crippen LogP contribution in [-0.4, -0.2) is 12.1 Å². The van der Waals surface area contributed by atoms with Gasteiger partial charge in [-0.2, -0.15) is 5.10 Å². The number of carbonyl (C=O) groups excluding carboxylic acids is 1. The molecule has 1 rings (SSSR count). The number of hydrazone groups is 1. The van der Waals surface area contributed by atoms with Crippen LogP contribution in [0, 0.1) is 0 Å². The van der Waals surface area contributed by atoms with E-state index in [-0.39, 0.29) is 5.91 Å². The van der Waals surface area contributed by atoms with E-state index < -0.39 is 0 Å². The Hall–Kier alpha value is -1.16. The Bertz CT molecular complexity index is 460. The summed E-state index contributed by atoms with van der Waals surface area (Å²) in [6, 6.07) is 7.79. The lowest BCUT2D eigenvalue weighted by molar-refractivity contribution is -0.121. The Labute approximate surface area is 142 Å². The number of unbranched alkanes of at least 4 members (excludes halogenated alkanes) is 7. The maximum Gasteiger partial charge on any atom is 0.240 e. The van der Waals surface area contributed by atoms with Crippen molar-refractivity contribution in [3.63, 3.8) is 0 Å². The van der Waals surface area contributed by atoms with Crippen LogP contribution in [-0.2, 0) is 4.79 Å². The van der Waals surface area contributed by atoms with Crippen molar-refractivity contribution in [3.05, 3.63) is 34.3 Å². The monoisotopic (exact) mass is 366 g/mol. The molecular weight excluding hydrogens is 340 g/mol. The number of carbonyl (C=O) groups is 1. The molecule has 0 heterocycles. The molecule has 0 aromatic heterocycles. The highest BCUT2D eigenvalue weighted by Gasteiger charge is 1.99. The number of benzene rings is 1. The predicted octanol–water partition coefficient (Wildman–Crippen LogP) is 5.43. The number of nitrogens with zero attached hydrogens (tertiary/aromatic N) is 1. The second-order valence-electron chi connectivity index (χ2n) is 5.57. The summed E-state index contributed by atoms with van der Waals surface area (Å²) in [6.07, 6.45) is 12.2. The minimum Gasteiger partial charge on any atom is -0.273 e. The standard InChI is InChI=1S/C18H27BrN2O/c1-2-3-4-5-6-7-8-9-13-18(22)21-20-15-16-11-10-12-17(19)14-16/h10-12,14-15H,2-9,13H2,1H3,(H,21,22). The lowest BCUT2D eigenvalue weighted by Gasteiger charge is -2.01. The molecule has 0 spiro atoms. The highest BCUT2D eigenvalue weighted by molar-refractivity contribution is 9.10. The molecule has 1 aromatic rings. The summed E-state index contributed by atoms with van der Waals surface area (Å²) in [5.41, 5.74) is 3.54. The summed E-state index contributed by atoms with van der Waals surface area (Å²) < 4.78 is 1.00. The van der Waals surface area contributed by atoms with Crippen molar-refractivity contribution >= 4 is 28.1 Å². The Balaban J connectivity index is 2.04. The minimum absolute atomic E-state index is 0.00257. The quantitative estimate of drug-likeness (QED) is 0.316. The Morgan fingerprint density at radius 1 is 1.14 bits per heavy atom. The van der Waals surface area contributed by atoms with Crippen molar-refractivity contribution in [1.82, 2.24) is 5.43 Å². The van der Waals surface area contributed by atoms with Gasteiger partial charge in [-0.25, -0.2) is 5.43 Å². The first-order valence-corrected chi connectivity index (χ1v) is 9.09. The zero-order valence-electron chi connectivity index (χ0n) is 13.5. The predicted molar refractivity (Wildman–Crippen MR) is 97.1 cm³/mol. The van der Waals surface area contributed by atoms with Gasteiger partial charge >= 0.3 is 0 Å². The molecule has 1 aromatic carbocycles. The van der Waals surface area contributed by atoms with Gasteiger partial charge < -0.3 is 0 Å². The molecule has 0 aliphatic heterocycles. The SMILES string of the molecule is CCCCCCCCCCC(=O)NN=Cc1cccc(Br)c1. The van der Waals surface area contributed by atoms with E-state index in [1.807, 2.05) is 24.3 Å². The Morgan fingerprint density at radius 2 is 1.82 bits per heavy atom. The van der Waals surface area contributed by atoms with Crippen LogP contribution >= 0.6 is 15.9 Å². The fourth-order valence-electron chi connectivity index (χ4n) is 2.24. The van der Waals surface area contributed by atoms with E-state index >= 15 is 0 Å². The van der Waals surface area contributed by atoms with Gasteiger partial charge in [0.25, 0.3) is 0 Å². The molecule has 0 saturated heterocycles. The maximum absolute atomic E-state index is 11.6. The van der Waals surface area contributed by atoms with Crippen LogP contribution in [0.4, 0.5) is 0 Å². The van der Waals surface area contributed by atoms with Gasteiger partial charge in [0.05, 0.1) is 6.21 Å². The molecule has 0 bridgehead atoms. The first-order valence-electron chi connectivity index (χ1n) is 8.30. The van der Waals surface area contributed by atoms with E-state index in [0.717, 1.165) is 22.9 Å². The van der Waals surface area contributed by atoms with Gasteiger partial charge in [0.1, 0.15) is 0 Å². The van der Waals surface area contributed by atoms with Gasteiger partial charge in [-0.1, -0.05) is 79.9 Å². The molecule has 1 amide bonds. The highest BCUT2D eigenvalue weighted by atomic mass is 79.9. The molecule has 0 saturated carbocycles. The van der Waals surface area contributed by atoms with Gasteiger partial charge in [-0.05, 0) is 24.1 Å². The van der Waals surface area contributed by atoms with Crippen molar-refractivity contribution in [2.75, 3.05) is 0 Å². The average Bonchev–Trinajstić information content (AvgIpc) is 2.50. The number of rotatable bonds is 11. The zero-order chi connectivity index (χ0) is 16.0. The van der Waals surface area contributed by atoms with Crippen LogP contribution in [0.15, 0.2) is 33.8 Å². The molecule has 0 radical (unpaired) electrons. The Kier molecular flexibility index (Phi) is 10.6. The summed E-state index contributed by atoms with van der Waals surface area (Å²) in [6.45, 7) is 2.23. The number of hydrogen-bond donors (Lipinski definition) is 1. The minimum atomic E-state index is -0.00257. The summed E-state index contributed by atoms with van der Waals surface area (Å²) in [5, 5.41) is 3.99. The zero-order valence-corrected chi connectivity index (χ0v) is 15.1. The van der Waals surface area contributed by atoms with Crippen molar-refractivity contribution in [2.45, 2.75) is 64.7 Å². The summed E-state index contributed by atoms with van der Waals surface area (Å²) >= 11 is 3.40. The van der Waals surface area contributed by atoms with Crippen molar-refractivity contribution in [1.29, 1.82) is 0 Å². The van der Waals surface area contributed by atoms with Gasteiger partial charge in [0, 0.05) is 10.9 Å². The summed E-state index contributed by atoms with van der Waals surface area (Å²) in [5.74, 6) is -0.00257. The normalized spacial score (nSPS) is 11.0. The molecule has 0 aliphatic rings. The molecule has 1 N–H and O–H groups in total. The van der Waals surface area contributed by atoms with Crippen LogP contribution < -0.4 is 5.43 Å². The smallest absolute Gasteiger partial charge is 0.240 e. The van der Waals surface area contributed by atoms with Gasteiger partial charge in [-0.3, -0.25) is 4.79 Å². The van der Waals surface area contributed by atoms with E-state index in [0.29, 0.717) is 6.42 Å².